The molecule has 0 aliphatic carbocycles. The Morgan fingerprint density at radius 3 is 2.34 bits per heavy atom. The van der Waals surface area contributed by atoms with E-state index in [0.717, 1.165) is 11.8 Å². The lowest BCUT2D eigenvalue weighted by Gasteiger charge is -2.13. The Hall–Kier alpha value is -4.64. The minimum absolute atomic E-state index is 0.0347. The van der Waals surface area contributed by atoms with Crippen LogP contribution in [-0.2, 0) is 9.59 Å². The first-order chi connectivity index (χ1) is 18.4. The van der Waals surface area contributed by atoms with Crippen molar-refractivity contribution >= 4 is 40.8 Å². The van der Waals surface area contributed by atoms with Crippen LogP contribution in [0.15, 0.2) is 81.8 Å². The minimum atomic E-state index is -0.522. The van der Waals surface area contributed by atoms with Gasteiger partial charge in [0, 0.05) is 12.5 Å². The SMILES string of the molecule is COc1cc(/C=N/NC(=O)CSc2nc3ccccc3c(=O)n2-c2ccccc2)cc(OC)c1OC(C)=O. The van der Waals surface area contributed by atoms with Crippen LogP contribution in [0, 0.1) is 0 Å². The van der Waals surface area contributed by atoms with Crippen molar-refractivity contribution in [3.05, 3.63) is 82.6 Å². The van der Waals surface area contributed by atoms with Crippen molar-refractivity contribution in [3.63, 3.8) is 0 Å². The number of benzene rings is 3. The van der Waals surface area contributed by atoms with Crippen LogP contribution in [0.25, 0.3) is 16.6 Å². The molecule has 0 spiro atoms. The predicted molar refractivity (Wildman–Crippen MR) is 145 cm³/mol. The summed E-state index contributed by atoms with van der Waals surface area (Å²) >= 11 is 1.12. The van der Waals surface area contributed by atoms with Crippen LogP contribution < -0.4 is 25.2 Å². The van der Waals surface area contributed by atoms with Crippen molar-refractivity contribution in [2.45, 2.75) is 12.1 Å². The summed E-state index contributed by atoms with van der Waals surface area (Å²) in [6.07, 6.45) is 1.40. The highest BCUT2D eigenvalue weighted by Crippen LogP contribution is 2.38. The first kappa shape index (κ1) is 26.4. The normalized spacial score (nSPS) is 10.9. The molecule has 0 fully saturated rings. The average molecular weight is 533 g/mol. The molecule has 1 heterocycles. The lowest BCUT2D eigenvalue weighted by atomic mass is 10.2. The van der Waals surface area contributed by atoms with Gasteiger partial charge in [0.2, 0.25) is 5.75 Å². The number of hydrogen-bond donors (Lipinski definition) is 1. The topological polar surface area (TPSA) is 121 Å². The monoisotopic (exact) mass is 532 g/mol. The van der Waals surface area contributed by atoms with E-state index >= 15 is 0 Å². The van der Waals surface area contributed by atoms with Gasteiger partial charge < -0.3 is 14.2 Å². The Morgan fingerprint density at radius 2 is 1.68 bits per heavy atom. The molecule has 10 nitrogen and oxygen atoms in total. The number of para-hydroxylation sites is 2. The number of ether oxygens (including phenoxy) is 3. The van der Waals surface area contributed by atoms with Gasteiger partial charge in [-0.2, -0.15) is 5.10 Å². The maximum absolute atomic E-state index is 13.2. The molecule has 0 bridgehead atoms. The summed E-state index contributed by atoms with van der Waals surface area (Å²) in [6.45, 7) is 1.27. The molecule has 11 heteroatoms. The number of hydrogen-bond acceptors (Lipinski definition) is 9. The van der Waals surface area contributed by atoms with Gasteiger partial charge in [-0.1, -0.05) is 42.1 Å². The summed E-state index contributed by atoms with van der Waals surface area (Å²) in [5.74, 6) is -0.275. The molecule has 194 valence electrons. The van der Waals surface area contributed by atoms with Crippen LogP contribution in [0.2, 0.25) is 0 Å². The Morgan fingerprint density at radius 1 is 1.03 bits per heavy atom. The summed E-state index contributed by atoms with van der Waals surface area (Å²) in [7, 11) is 2.86. The molecule has 0 unspecified atom stereocenters. The smallest absolute Gasteiger partial charge is 0.308 e. The number of fused-ring (bicyclic) bond motifs is 1. The summed E-state index contributed by atoms with van der Waals surface area (Å²) in [6, 6.07) is 19.4. The van der Waals surface area contributed by atoms with Crippen LogP contribution in [0.5, 0.6) is 17.2 Å². The average Bonchev–Trinajstić information content (AvgIpc) is 2.92. The van der Waals surface area contributed by atoms with E-state index in [-0.39, 0.29) is 28.6 Å². The number of nitrogens with zero attached hydrogens (tertiary/aromatic N) is 3. The van der Waals surface area contributed by atoms with Gasteiger partial charge in [0.1, 0.15) is 0 Å². The molecule has 0 saturated heterocycles. The fourth-order valence-corrected chi connectivity index (χ4v) is 4.38. The van der Waals surface area contributed by atoms with Gasteiger partial charge >= 0.3 is 5.97 Å². The van der Waals surface area contributed by atoms with Crippen molar-refractivity contribution in [2.75, 3.05) is 20.0 Å². The molecule has 0 saturated carbocycles. The van der Waals surface area contributed by atoms with Crippen molar-refractivity contribution in [1.29, 1.82) is 0 Å². The van der Waals surface area contributed by atoms with Crippen molar-refractivity contribution in [1.82, 2.24) is 15.0 Å². The zero-order chi connectivity index (χ0) is 27.1. The molecule has 0 radical (unpaired) electrons. The van der Waals surface area contributed by atoms with Gasteiger partial charge in [-0.25, -0.2) is 10.4 Å². The highest BCUT2D eigenvalue weighted by atomic mass is 32.2. The van der Waals surface area contributed by atoms with Crippen molar-refractivity contribution in [3.8, 4) is 22.9 Å². The molecule has 4 rings (SSSR count). The lowest BCUT2D eigenvalue weighted by Crippen LogP contribution is -2.24. The summed E-state index contributed by atoms with van der Waals surface area (Å²) in [4.78, 5) is 41.8. The molecule has 3 aromatic carbocycles. The highest BCUT2D eigenvalue weighted by Gasteiger charge is 2.16. The number of carbonyl (C=O) groups excluding carboxylic acids is 2. The number of nitrogens with one attached hydrogen (secondary N) is 1. The predicted octanol–water partition coefficient (Wildman–Crippen LogP) is 3.57. The molecule has 0 atom stereocenters. The van der Waals surface area contributed by atoms with Gasteiger partial charge in [0.15, 0.2) is 16.7 Å². The minimum Gasteiger partial charge on any atom is -0.493 e. The number of esters is 1. The van der Waals surface area contributed by atoms with Gasteiger partial charge in [-0.3, -0.25) is 19.0 Å². The fraction of sp³-hybridized carbons (Fsp3) is 0.148. The Balaban J connectivity index is 1.51. The number of amides is 1. The molecular formula is C27H24N4O6S. The fourth-order valence-electron chi connectivity index (χ4n) is 3.57. The van der Waals surface area contributed by atoms with Crippen molar-refractivity contribution in [2.24, 2.45) is 5.10 Å². The maximum Gasteiger partial charge on any atom is 0.308 e. The second-order valence-electron chi connectivity index (χ2n) is 7.82. The van der Waals surface area contributed by atoms with Crippen LogP contribution in [0.3, 0.4) is 0 Å². The quantitative estimate of drug-likeness (QED) is 0.0867. The van der Waals surface area contributed by atoms with Crippen LogP contribution in [-0.4, -0.2) is 47.6 Å². The number of hydrazone groups is 1. The van der Waals surface area contributed by atoms with E-state index in [1.807, 2.05) is 30.3 Å². The Bertz CT molecular complexity index is 1540. The van der Waals surface area contributed by atoms with Crippen LogP contribution in [0.1, 0.15) is 12.5 Å². The largest absolute Gasteiger partial charge is 0.493 e. The summed E-state index contributed by atoms with van der Waals surface area (Å²) < 4.78 is 17.2. The molecule has 1 N–H and O–H groups in total. The highest BCUT2D eigenvalue weighted by molar-refractivity contribution is 7.99. The Labute approximate surface area is 222 Å². The zero-order valence-electron chi connectivity index (χ0n) is 20.8. The molecule has 1 aromatic heterocycles. The second-order valence-corrected chi connectivity index (χ2v) is 8.76. The first-order valence-electron chi connectivity index (χ1n) is 11.4. The van der Waals surface area contributed by atoms with E-state index in [1.165, 1.54) is 31.9 Å². The van der Waals surface area contributed by atoms with Crippen molar-refractivity contribution < 1.29 is 23.8 Å². The summed E-state index contributed by atoms with van der Waals surface area (Å²) in [5.41, 5.74) is 3.98. The first-order valence-corrected chi connectivity index (χ1v) is 12.4. The third-order valence-electron chi connectivity index (χ3n) is 5.22. The zero-order valence-corrected chi connectivity index (χ0v) is 21.7. The molecular weight excluding hydrogens is 508 g/mol. The maximum atomic E-state index is 13.2. The lowest BCUT2D eigenvalue weighted by molar-refractivity contribution is -0.132. The van der Waals surface area contributed by atoms with E-state index in [0.29, 0.717) is 27.3 Å². The van der Waals surface area contributed by atoms with Gasteiger partial charge in [0.05, 0.1) is 42.8 Å². The summed E-state index contributed by atoms with van der Waals surface area (Å²) in [5, 5.41) is 4.87. The molecule has 4 aromatic rings. The number of rotatable bonds is 9. The number of carbonyl (C=O) groups is 2. The van der Waals surface area contributed by atoms with E-state index in [9.17, 15) is 14.4 Å². The third-order valence-corrected chi connectivity index (χ3v) is 6.16. The molecule has 38 heavy (non-hydrogen) atoms. The van der Waals surface area contributed by atoms with E-state index in [2.05, 4.69) is 15.5 Å². The van der Waals surface area contributed by atoms with Crippen LogP contribution >= 0.6 is 11.8 Å². The standard InChI is InChI=1S/C27H24N4O6S/c1-17(32)37-25-22(35-2)13-18(14-23(25)36-3)15-28-30-24(33)16-38-27-29-21-12-8-7-11-20(21)26(34)31(27)19-9-5-4-6-10-19/h4-15H,16H2,1-3H3,(H,30,33)/b28-15+. The van der Waals surface area contributed by atoms with Gasteiger partial charge in [-0.15, -0.1) is 0 Å². The molecule has 0 aliphatic rings. The second kappa shape index (κ2) is 12.1. The molecule has 0 aliphatic heterocycles. The number of aromatic nitrogens is 2. The van der Waals surface area contributed by atoms with Gasteiger partial charge in [0.25, 0.3) is 11.5 Å². The molecule has 1 amide bonds. The third kappa shape index (κ3) is 6.01. The van der Waals surface area contributed by atoms with E-state index in [1.54, 1.807) is 36.4 Å². The van der Waals surface area contributed by atoms with E-state index < -0.39 is 11.9 Å². The van der Waals surface area contributed by atoms with Crippen LogP contribution in [0.4, 0.5) is 0 Å². The van der Waals surface area contributed by atoms with Gasteiger partial charge in [-0.05, 0) is 36.4 Å². The van der Waals surface area contributed by atoms with E-state index in [4.69, 9.17) is 14.2 Å². The Kier molecular flexibility index (Phi) is 8.39. The number of thioether (sulfide) groups is 1. The number of methoxy groups -OCH3 is 2.